The Morgan fingerprint density at radius 3 is 2.78 bits per heavy atom. The Labute approximate surface area is 120 Å². The lowest BCUT2D eigenvalue weighted by molar-refractivity contribution is 0.0909. The van der Waals surface area contributed by atoms with E-state index in [9.17, 15) is 9.18 Å². The molecular formula is C14H17FINO. The predicted molar refractivity (Wildman–Crippen MR) is 78.0 cm³/mol. The quantitative estimate of drug-likeness (QED) is 0.799. The Morgan fingerprint density at radius 2 is 2.11 bits per heavy atom. The molecule has 0 aromatic heterocycles. The van der Waals surface area contributed by atoms with Crippen LogP contribution in [0.3, 0.4) is 0 Å². The summed E-state index contributed by atoms with van der Waals surface area (Å²) >= 11 is 2.00. The van der Waals surface area contributed by atoms with E-state index in [0.717, 1.165) is 6.42 Å². The van der Waals surface area contributed by atoms with E-state index in [2.05, 4.69) is 12.2 Å². The number of hydrogen-bond donors (Lipinski definition) is 1. The average Bonchev–Trinajstić information content (AvgIpc) is 2.32. The molecule has 1 N–H and O–H groups in total. The molecule has 1 aromatic rings. The molecule has 0 bridgehead atoms. The molecule has 2 rings (SSSR count). The number of rotatable bonds is 2. The van der Waals surface area contributed by atoms with Gasteiger partial charge in [0.2, 0.25) is 0 Å². The van der Waals surface area contributed by atoms with E-state index < -0.39 is 0 Å². The van der Waals surface area contributed by atoms with E-state index in [1.807, 2.05) is 22.6 Å². The number of benzene rings is 1. The lowest BCUT2D eigenvalue weighted by Gasteiger charge is -2.29. The first-order valence-corrected chi connectivity index (χ1v) is 7.41. The normalized spacial score (nSPS) is 23.7. The molecule has 4 heteroatoms. The Bertz CT molecular complexity index is 449. The zero-order valence-corrected chi connectivity index (χ0v) is 12.5. The lowest BCUT2D eigenvalue weighted by Crippen LogP contribution is -2.41. The minimum atomic E-state index is -0.304. The van der Waals surface area contributed by atoms with Crippen LogP contribution in [0.25, 0.3) is 0 Å². The molecule has 2 atom stereocenters. The second-order valence-corrected chi connectivity index (χ2v) is 6.13. The highest BCUT2D eigenvalue weighted by atomic mass is 127. The van der Waals surface area contributed by atoms with E-state index in [0.29, 0.717) is 15.1 Å². The van der Waals surface area contributed by atoms with Gasteiger partial charge in [-0.3, -0.25) is 4.79 Å². The molecule has 1 aromatic carbocycles. The van der Waals surface area contributed by atoms with Crippen molar-refractivity contribution >= 4 is 28.5 Å². The minimum Gasteiger partial charge on any atom is -0.349 e. The third kappa shape index (κ3) is 3.22. The van der Waals surface area contributed by atoms with Gasteiger partial charge in [0.05, 0.1) is 5.56 Å². The molecule has 98 valence electrons. The van der Waals surface area contributed by atoms with Gasteiger partial charge in [-0.2, -0.15) is 0 Å². The maximum Gasteiger partial charge on any atom is 0.252 e. The van der Waals surface area contributed by atoms with Gasteiger partial charge >= 0.3 is 0 Å². The van der Waals surface area contributed by atoms with Crippen LogP contribution in [0.1, 0.15) is 43.0 Å². The standard InChI is InChI=1S/C14H17FINO/c1-9-4-2-3-5-13(9)17-14(18)11-7-6-10(15)8-12(11)16/h6-9,13H,2-5H2,1H3,(H,17,18). The van der Waals surface area contributed by atoms with Crippen LogP contribution >= 0.6 is 22.6 Å². The zero-order chi connectivity index (χ0) is 13.1. The molecule has 1 fully saturated rings. The van der Waals surface area contributed by atoms with Crippen LogP contribution in [0, 0.1) is 15.3 Å². The summed E-state index contributed by atoms with van der Waals surface area (Å²) in [7, 11) is 0. The first kappa shape index (κ1) is 13.8. The van der Waals surface area contributed by atoms with E-state index >= 15 is 0 Å². The molecule has 1 saturated carbocycles. The molecular weight excluding hydrogens is 344 g/mol. The summed E-state index contributed by atoms with van der Waals surface area (Å²) in [5, 5.41) is 3.08. The molecule has 0 aliphatic heterocycles. The molecule has 0 radical (unpaired) electrons. The second-order valence-electron chi connectivity index (χ2n) is 4.97. The lowest BCUT2D eigenvalue weighted by atomic mass is 9.86. The van der Waals surface area contributed by atoms with Crippen molar-refractivity contribution in [1.82, 2.24) is 5.32 Å². The third-order valence-electron chi connectivity index (χ3n) is 3.60. The van der Waals surface area contributed by atoms with E-state index in [1.165, 1.54) is 31.4 Å². The number of carbonyl (C=O) groups excluding carboxylic acids is 1. The largest absolute Gasteiger partial charge is 0.349 e. The predicted octanol–water partition coefficient (Wildman–Crippen LogP) is 3.74. The van der Waals surface area contributed by atoms with Gasteiger partial charge in [-0.25, -0.2) is 4.39 Å². The van der Waals surface area contributed by atoms with Gasteiger partial charge in [0.25, 0.3) is 5.91 Å². The molecule has 2 nitrogen and oxygen atoms in total. The maximum atomic E-state index is 13.0. The van der Waals surface area contributed by atoms with Gasteiger partial charge in [0, 0.05) is 9.61 Å². The van der Waals surface area contributed by atoms with E-state index in [4.69, 9.17) is 0 Å². The third-order valence-corrected chi connectivity index (χ3v) is 4.50. The van der Waals surface area contributed by atoms with Crippen LogP contribution in [-0.4, -0.2) is 11.9 Å². The fourth-order valence-electron chi connectivity index (χ4n) is 2.45. The molecule has 1 aliphatic rings. The van der Waals surface area contributed by atoms with Crippen molar-refractivity contribution in [2.75, 3.05) is 0 Å². The molecule has 1 amide bonds. The van der Waals surface area contributed by atoms with Crippen LogP contribution in [0.15, 0.2) is 18.2 Å². The van der Waals surface area contributed by atoms with Crippen LogP contribution in [0.2, 0.25) is 0 Å². The van der Waals surface area contributed by atoms with Crippen LogP contribution in [0.4, 0.5) is 4.39 Å². The van der Waals surface area contributed by atoms with Crippen LogP contribution in [-0.2, 0) is 0 Å². The summed E-state index contributed by atoms with van der Waals surface area (Å²) in [4.78, 5) is 12.2. The van der Waals surface area contributed by atoms with Gasteiger partial charge in [0.15, 0.2) is 0 Å². The highest BCUT2D eigenvalue weighted by Crippen LogP contribution is 2.24. The van der Waals surface area contributed by atoms with Crippen molar-refractivity contribution in [2.45, 2.75) is 38.6 Å². The summed E-state index contributed by atoms with van der Waals surface area (Å²) in [5.74, 6) is 0.140. The van der Waals surface area contributed by atoms with E-state index in [1.54, 1.807) is 6.07 Å². The second kappa shape index (κ2) is 5.99. The number of nitrogens with one attached hydrogen (secondary N) is 1. The first-order valence-electron chi connectivity index (χ1n) is 6.34. The fourth-order valence-corrected chi connectivity index (χ4v) is 3.17. The Kier molecular flexibility index (Phi) is 4.59. The smallest absolute Gasteiger partial charge is 0.252 e. The average molecular weight is 361 g/mol. The molecule has 0 heterocycles. The SMILES string of the molecule is CC1CCCCC1NC(=O)c1ccc(F)cc1I. The summed E-state index contributed by atoms with van der Waals surface area (Å²) < 4.78 is 13.7. The zero-order valence-electron chi connectivity index (χ0n) is 10.4. The summed E-state index contributed by atoms with van der Waals surface area (Å²) in [5.41, 5.74) is 0.565. The van der Waals surface area contributed by atoms with Crippen LogP contribution in [0.5, 0.6) is 0 Å². The number of halogens is 2. The summed E-state index contributed by atoms with van der Waals surface area (Å²) in [6, 6.07) is 4.54. The van der Waals surface area contributed by atoms with Crippen molar-refractivity contribution in [1.29, 1.82) is 0 Å². The number of amides is 1. The summed E-state index contributed by atoms with van der Waals surface area (Å²) in [6.07, 6.45) is 4.65. The fraction of sp³-hybridized carbons (Fsp3) is 0.500. The Morgan fingerprint density at radius 1 is 1.39 bits per heavy atom. The maximum absolute atomic E-state index is 13.0. The minimum absolute atomic E-state index is 0.0850. The van der Waals surface area contributed by atoms with E-state index in [-0.39, 0.29) is 17.8 Å². The van der Waals surface area contributed by atoms with Gasteiger partial charge < -0.3 is 5.32 Å². The van der Waals surface area contributed by atoms with Crippen molar-refractivity contribution in [3.8, 4) is 0 Å². The molecule has 0 spiro atoms. The van der Waals surface area contributed by atoms with Gasteiger partial charge in [-0.1, -0.05) is 19.8 Å². The molecule has 1 aliphatic carbocycles. The molecule has 0 saturated heterocycles. The number of hydrogen-bond acceptors (Lipinski definition) is 1. The van der Waals surface area contributed by atoms with Crippen molar-refractivity contribution in [2.24, 2.45) is 5.92 Å². The van der Waals surface area contributed by atoms with Crippen molar-refractivity contribution < 1.29 is 9.18 Å². The molecule has 2 unspecified atom stereocenters. The summed E-state index contributed by atoms with van der Waals surface area (Å²) in [6.45, 7) is 2.18. The topological polar surface area (TPSA) is 29.1 Å². The van der Waals surface area contributed by atoms with Crippen LogP contribution < -0.4 is 5.32 Å². The van der Waals surface area contributed by atoms with Crippen molar-refractivity contribution in [3.63, 3.8) is 0 Å². The Balaban J connectivity index is 2.07. The Hall–Kier alpha value is -0.650. The highest BCUT2D eigenvalue weighted by Gasteiger charge is 2.23. The first-order chi connectivity index (χ1) is 8.58. The van der Waals surface area contributed by atoms with Crippen molar-refractivity contribution in [3.05, 3.63) is 33.1 Å². The monoisotopic (exact) mass is 361 g/mol. The van der Waals surface area contributed by atoms with Gasteiger partial charge in [-0.05, 0) is 59.5 Å². The number of carbonyl (C=O) groups is 1. The van der Waals surface area contributed by atoms with Gasteiger partial charge in [0.1, 0.15) is 5.82 Å². The molecule has 18 heavy (non-hydrogen) atoms. The van der Waals surface area contributed by atoms with Gasteiger partial charge in [-0.15, -0.1) is 0 Å². The highest BCUT2D eigenvalue weighted by molar-refractivity contribution is 14.1.